The Kier molecular flexibility index (Phi) is 4.97. The van der Waals surface area contributed by atoms with E-state index in [0.29, 0.717) is 5.56 Å². The summed E-state index contributed by atoms with van der Waals surface area (Å²) < 4.78 is 1.85. The third kappa shape index (κ3) is 3.69. The third-order valence-corrected chi connectivity index (χ3v) is 5.11. The molecule has 4 rings (SSSR count). The van der Waals surface area contributed by atoms with E-state index in [4.69, 9.17) is 0 Å². The molecule has 0 radical (unpaired) electrons. The minimum atomic E-state index is -0.343. The van der Waals surface area contributed by atoms with E-state index in [1.54, 1.807) is 36.9 Å². The van der Waals surface area contributed by atoms with Crippen LogP contribution in [0.5, 0.6) is 0 Å². The van der Waals surface area contributed by atoms with Gasteiger partial charge in [-0.2, -0.15) is 0 Å². The molecule has 0 aliphatic carbocycles. The first-order valence-electron chi connectivity index (χ1n) is 9.47. The van der Waals surface area contributed by atoms with Crippen LogP contribution < -0.4 is 15.8 Å². The maximum Gasteiger partial charge on any atom is 0.271 e. The number of imidazole rings is 1. The number of nitrogens with zero attached hydrogens (tertiary/aromatic N) is 3. The quantitative estimate of drug-likeness (QED) is 0.732. The van der Waals surface area contributed by atoms with Crippen molar-refractivity contribution in [1.29, 1.82) is 0 Å². The first kappa shape index (κ1) is 18.0. The van der Waals surface area contributed by atoms with Gasteiger partial charge in [-0.3, -0.25) is 9.59 Å². The van der Waals surface area contributed by atoms with Crippen LogP contribution in [0.2, 0.25) is 0 Å². The van der Waals surface area contributed by atoms with Crippen molar-refractivity contribution in [3.63, 3.8) is 0 Å². The van der Waals surface area contributed by atoms with Crippen LogP contribution in [0.1, 0.15) is 29.6 Å². The molecule has 144 valence electrons. The number of rotatable bonds is 4. The van der Waals surface area contributed by atoms with Gasteiger partial charge in [-0.1, -0.05) is 0 Å². The zero-order chi connectivity index (χ0) is 19.5. The number of aryl methyl sites for hydroxylation is 1. The Labute approximate surface area is 163 Å². The van der Waals surface area contributed by atoms with Crippen molar-refractivity contribution in [2.45, 2.75) is 19.3 Å². The largest absolute Gasteiger partial charge is 0.372 e. The Balaban J connectivity index is 1.52. The molecule has 0 bridgehead atoms. The Morgan fingerprint density at radius 2 is 1.89 bits per heavy atom. The molecule has 0 unspecified atom stereocenters. The second-order valence-electron chi connectivity index (χ2n) is 7.07. The van der Waals surface area contributed by atoms with Crippen LogP contribution in [0.15, 0.2) is 53.8 Å². The summed E-state index contributed by atoms with van der Waals surface area (Å²) in [6, 6.07) is 9.21. The van der Waals surface area contributed by atoms with Gasteiger partial charge < -0.3 is 19.8 Å². The summed E-state index contributed by atoms with van der Waals surface area (Å²) in [5, 5.41) is 2.72. The molecule has 1 amide bonds. The molecular formula is C21H23N5O2. The molecule has 2 N–H and O–H groups in total. The van der Waals surface area contributed by atoms with Gasteiger partial charge in [-0.05, 0) is 49.6 Å². The molecule has 28 heavy (non-hydrogen) atoms. The molecule has 3 heterocycles. The van der Waals surface area contributed by atoms with Crippen molar-refractivity contribution in [3.05, 3.63) is 65.0 Å². The number of hydrogen-bond acceptors (Lipinski definition) is 4. The van der Waals surface area contributed by atoms with E-state index < -0.39 is 0 Å². The van der Waals surface area contributed by atoms with Gasteiger partial charge in [0.1, 0.15) is 5.69 Å². The summed E-state index contributed by atoms with van der Waals surface area (Å²) in [6.45, 7) is 2.11. The van der Waals surface area contributed by atoms with Gasteiger partial charge in [0, 0.05) is 43.1 Å². The molecule has 0 saturated carbocycles. The van der Waals surface area contributed by atoms with Crippen LogP contribution >= 0.6 is 0 Å². The first-order valence-corrected chi connectivity index (χ1v) is 9.47. The zero-order valence-electron chi connectivity index (χ0n) is 15.8. The molecule has 0 spiro atoms. The summed E-state index contributed by atoms with van der Waals surface area (Å²) >= 11 is 0. The van der Waals surface area contributed by atoms with E-state index in [-0.39, 0.29) is 17.2 Å². The number of anilines is 2. The Morgan fingerprint density at radius 1 is 1.14 bits per heavy atom. The number of nitrogens with one attached hydrogen (secondary N) is 2. The number of amides is 1. The average Bonchev–Trinajstić information content (AvgIpc) is 3.16. The SMILES string of the molecule is Cn1cncc1-c1c[nH]c(=O)c(NC(=O)c2ccc(N3CCCCC3)cc2)c1. The molecular weight excluding hydrogens is 354 g/mol. The number of piperidine rings is 1. The smallest absolute Gasteiger partial charge is 0.271 e. The maximum absolute atomic E-state index is 12.6. The highest BCUT2D eigenvalue weighted by atomic mass is 16.2. The minimum absolute atomic E-state index is 0.212. The fraction of sp³-hybridized carbons (Fsp3) is 0.286. The van der Waals surface area contributed by atoms with Crippen LogP contribution in [-0.2, 0) is 7.05 Å². The number of aromatic amines is 1. The van der Waals surface area contributed by atoms with E-state index in [9.17, 15) is 9.59 Å². The normalized spacial score (nSPS) is 14.1. The molecule has 3 aromatic rings. The van der Waals surface area contributed by atoms with Crippen molar-refractivity contribution in [2.75, 3.05) is 23.3 Å². The summed E-state index contributed by atoms with van der Waals surface area (Å²) in [4.78, 5) is 33.9. The van der Waals surface area contributed by atoms with Gasteiger partial charge in [-0.25, -0.2) is 4.98 Å². The van der Waals surface area contributed by atoms with Gasteiger partial charge >= 0.3 is 0 Å². The van der Waals surface area contributed by atoms with Crippen LogP contribution in [-0.4, -0.2) is 33.5 Å². The predicted octanol–water partition coefficient (Wildman–Crippen LogP) is 3.02. The molecule has 7 nitrogen and oxygen atoms in total. The number of benzene rings is 1. The second-order valence-corrected chi connectivity index (χ2v) is 7.07. The fourth-order valence-corrected chi connectivity index (χ4v) is 3.53. The van der Waals surface area contributed by atoms with Gasteiger partial charge in [0.2, 0.25) is 0 Å². The highest BCUT2D eigenvalue weighted by molar-refractivity contribution is 6.04. The van der Waals surface area contributed by atoms with Gasteiger partial charge in [-0.15, -0.1) is 0 Å². The second kappa shape index (κ2) is 7.72. The summed E-state index contributed by atoms with van der Waals surface area (Å²) in [7, 11) is 1.87. The van der Waals surface area contributed by atoms with Gasteiger partial charge in [0.25, 0.3) is 11.5 Å². The topological polar surface area (TPSA) is 83.0 Å². The monoisotopic (exact) mass is 377 g/mol. The third-order valence-electron chi connectivity index (χ3n) is 5.11. The number of H-pyrrole nitrogens is 1. The Hall–Kier alpha value is -3.35. The number of carbonyl (C=O) groups is 1. The molecule has 1 aliphatic heterocycles. The fourth-order valence-electron chi connectivity index (χ4n) is 3.53. The van der Waals surface area contributed by atoms with Gasteiger partial charge in [0.15, 0.2) is 0 Å². The van der Waals surface area contributed by atoms with Crippen molar-refractivity contribution in [2.24, 2.45) is 7.05 Å². The molecule has 1 aromatic carbocycles. The van der Waals surface area contributed by atoms with E-state index in [0.717, 1.165) is 30.0 Å². The summed E-state index contributed by atoms with van der Waals surface area (Å²) in [6.07, 6.45) is 8.70. The number of pyridine rings is 1. The first-order chi connectivity index (χ1) is 13.6. The van der Waals surface area contributed by atoms with Crippen molar-refractivity contribution in [1.82, 2.24) is 14.5 Å². The van der Waals surface area contributed by atoms with Crippen molar-refractivity contribution < 1.29 is 4.79 Å². The number of hydrogen-bond donors (Lipinski definition) is 2. The lowest BCUT2D eigenvalue weighted by molar-refractivity contribution is 0.102. The lowest BCUT2D eigenvalue weighted by Gasteiger charge is -2.28. The zero-order valence-corrected chi connectivity index (χ0v) is 15.8. The van der Waals surface area contributed by atoms with E-state index in [1.807, 2.05) is 23.7 Å². The van der Waals surface area contributed by atoms with Crippen LogP contribution in [0, 0.1) is 0 Å². The lowest BCUT2D eigenvalue weighted by Crippen LogP contribution is -2.29. The van der Waals surface area contributed by atoms with Crippen LogP contribution in [0.3, 0.4) is 0 Å². The van der Waals surface area contributed by atoms with E-state index in [1.165, 1.54) is 19.3 Å². The van der Waals surface area contributed by atoms with E-state index >= 15 is 0 Å². The van der Waals surface area contributed by atoms with E-state index in [2.05, 4.69) is 20.2 Å². The molecule has 1 fully saturated rings. The summed E-state index contributed by atoms with van der Waals surface area (Å²) in [5.41, 5.74) is 3.14. The van der Waals surface area contributed by atoms with Crippen LogP contribution in [0.25, 0.3) is 11.3 Å². The molecule has 2 aromatic heterocycles. The molecule has 0 atom stereocenters. The summed E-state index contributed by atoms with van der Waals surface area (Å²) in [5.74, 6) is -0.308. The lowest BCUT2D eigenvalue weighted by atomic mass is 10.1. The maximum atomic E-state index is 12.6. The highest BCUT2D eigenvalue weighted by Gasteiger charge is 2.14. The highest BCUT2D eigenvalue weighted by Crippen LogP contribution is 2.21. The van der Waals surface area contributed by atoms with Gasteiger partial charge in [0.05, 0.1) is 18.2 Å². The minimum Gasteiger partial charge on any atom is -0.372 e. The molecule has 7 heteroatoms. The predicted molar refractivity (Wildman–Crippen MR) is 110 cm³/mol. The average molecular weight is 377 g/mol. The van der Waals surface area contributed by atoms with Crippen molar-refractivity contribution in [3.8, 4) is 11.3 Å². The molecule has 1 saturated heterocycles. The number of aromatic nitrogens is 3. The van der Waals surface area contributed by atoms with Crippen LogP contribution in [0.4, 0.5) is 11.4 Å². The number of carbonyl (C=O) groups excluding carboxylic acids is 1. The Morgan fingerprint density at radius 3 is 2.57 bits per heavy atom. The standard InChI is InChI=1S/C21H23N5O2/c1-25-14-22-13-19(25)16-11-18(21(28)23-12-16)24-20(27)15-5-7-17(8-6-15)26-9-3-2-4-10-26/h5-8,11-14H,2-4,9-10H2,1H3,(H,23,28)(H,24,27). The Bertz CT molecular complexity index is 1030. The van der Waals surface area contributed by atoms with Crippen molar-refractivity contribution >= 4 is 17.3 Å². The molecule has 1 aliphatic rings.